The van der Waals surface area contributed by atoms with Gasteiger partial charge in [0.25, 0.3) is 0 Å². The maximum absolute atomic E-state index is 12.7. The van der Waals surface area contributed by atoms with Gasteiger partial charge in [-0.05, 0) is 32.2 Å². The number of aryl methyl sites for hydroxylation is 1. The first-order valence-corrected chi connectivity index (χ1v) is 6.72. The summed E-state index contributed by atoms with van der Waals surface area (Å²) in [6.07, 6.45) is 0.590. The van der Waals surface area contributed by atoms with Crippen LogP contribution in [-0.2, 0) is 6.42 Å². The molecule has 1 aromatic rings. The van der Waals surface area contributed by atoms with E-state index in [4.69, 9.17) is 10.2 Å². The molecule has 0 amide bonds. The van der Waals surface area contributed by atoms with E-state index >= 15 is 0 Å². The van der Waals surface area contributed by atoms with Crippen LogP contribution in [0.4, 0.5) is 13.2 Å². The van der Waals surface area contributed by atoms with Crippen molar-refractivity contribution in [3.63, 3.8) is 0 Å². The molecule has 2 atom stereocenters. The van der Waals surface area contributed by atoms with Crippen LogP contribution in [0.2, 0.25) is 0 Å². The van der Waals surface area contributed by atoms with E-state index in [0.717, 1.165) is 12.8 Å². The Balaban J connectivity index is 1.99. The van der Waals surface area contributed by atoms with Crippen molar-refractivity contribution >= 4 is 0 Å². The fourth-order valence-electron chi connectivity index (χ4n) is 2.63. The van der Waals surface area contributed by atoms with Crippen LogP contribution in [0.3, 0.4) is 0 Å². The molecule has 1 aromatic heterocycles. The van der Waals surface area contributed by atoms with Crippen molar-refractivity contribution in [2.75, 3.05) is 6.54 Å². The Morgan fingerprint density at radius 2 is 2.16 bits per heavy atom. The summed E-state index contributed by atoms with van der Waals surface area (Å²) >= 11 is 0. The molecule has 0 spiro atoms. The predicted molar refractivity (Wildman–Crippen MR) is 64.6 cm³/mol. The van der Waals surface area contributed by atoms with Crippen molar-refractivity contribution in [1.29, 1.82) is 0 Å². The van der Waals surface area contributed by atoms with E-state index in [1.165, 1.54) is 0 Å². The standard InChI is InChI=1S/C13H19F3N2O/c14-13(15,16)10-4-1-3-9(7-10)11-8-18-12(19-11)5-2-6-17/h8-10H,1-7,17H2. The molecule has 2 rings (SSSR count). The predicted octanol–water partition coefficient (Wildman–Crippen LogP) is 3.40. The highest BCUT2D eigenvalue weighted by Gasteiger charge is 2.43. The van der Waals surface area contributed by atoms with Crippen LogP contribution in [0.5, 0.6) is 0 Å². The van der Waals surface area contributed by atoms with Crippen molar-refractivity contribution in [3.05, 3.63) is 17.8 Å². The number of aromatic nitrogens is 1. The molecule has 0 bridgehead atoms. The number of hydrogen-bond donors (Lipinski definition) is 1. The van der Waals surface area contributed by atoms with E-state index in [2.05, 4.69) is 4.98 Å². The summed E-state index contributed by atoms with van der Waals surface area (Å²) in [5.41, 5.74) is 5.40. The third-order valence-corrected chi connectivity index (χ3v) is 3.71. The Morgan fingerprint density at radius 1 is 1.37 bits per heavy atom. The van der Waals surface area contributed by atoms with Crippen molar-refractivity contribution in [1.82, 2.24) is 4.98 Å². The molecule has 1 heterocycles. The molecule has 1 aliphatic carbocycles. The highest BCUT2D eigenvalue weighted by atomic mass is 19.4. The molecular formula is C13H19F3N2O. The second-order valence-corrected chi connectivity index (χ2v) is 5.15. The monoisotopic (exact) mass is 276 g/mol. The summed E-state index contributed by atoms with van der Waals surface area (Å²) < 4.78 is 43.8. The summed E-state index contributed by atoms with van der Waals surface area (Å²) in [5, 5.41) is 0. The first-order valence-electron chi connectivity index (χ1n) is 6.72. The molecule has 0 aliphatic heterocycles. The normalized spacial score (nSPS) is 24.6. The molecule has 108 valence electrons. The van der Waals surface area contributed by atoms with Crippen LogP contribution < -0.4 is 5.73 Å². The van der Waals surface area contributed by atoms with Gasteiger partial charge < -0.3 is 10.2 Å². The molecule has 1 saturated carbocycles. The molecule has 2 N–H and O–H groups in total. The lowest BCUT2D eigenvalue weighted by Gasteiger charge is -2.29. The Kier molecular flexibility index (Phi) is 4.50. The Labute approximate surface area is 110 Å². The van der Waals surface area contributed by atoms with Crippen LogP contribution >= 0.6 is 0 Å². The van der Waals surface area contributed by atoms with Crippen LogP contribution in [0.25, 0.3) is 0 Å². The van der Waals surface area contributed by atoms with Gasteiger partial charge in [0.1, 0.15) is 5.76 Å². The topological polar surface area (TPSA) is 52.0 Å². The minimum absolute atomic E-state index is 0.120. The number of rotatable bonds is 4. The van der Waals surface area contributed by atoms with Gasteiger partial charge in [0.2, 0.25) is 0 Å². The summed E-state index contributed by atoms with van der Waals surface area (Å²) in [4.78, 5) is 4.11. The average molecular weight is 276 g/mol. The van der Waals surface area contributed by atoms with Crippen molar-refractivity contribution in [2.24, 2.45) is 11.7 Å². The highest BCUT2D eigenvalue weighted by Crippen LogP contribution is 2.43. The minimum Gasteiger partial charge on any atom is -0.445 e. The van der Waals surface area contributed by atoms with Gasteiger partial charge in [-0.3, -0.25) is 0 Å². The fraction of sp³-hybridized carbons (Fsp3) is 0.769. The van der Waals surface area contributed by atoms with Gasteiger partial charge in [-0.25, -0.2) is 4.98 Å². The maximum atomic E-state index is 12.7. The van der Waals surface area contributed by atoms with Crippen LogP contribution in [0.1, 0.15) is 49.7 Å². The Hall–Kier alpha value is -1.04. The van der Waals surface area contributed by atoms with Crippen molar-refractivity contribution in [3.8, 4) is 0 Å². The quantitative estimate of drug-likeness (QED) is 0.917. The zero-order valence-electron chi connectivity index (χ0n) is 10.7. The van der Waals surface area contributed by atoms with Gasteiger partial charge in [-0.2, -0.15) is 13.2 Å². The lowest BCUT2D eigenvalue weighted by Crippen LogP contribution is -2.27. The molecule has 1 aliphatic rings. The van der Waals surface area contributed by atoms with Gasteiger partial charge in [-0.1, -0.05) is 6.42 Å². The first kappa shape index (κ1) is 14.4. The average Bonchev–Trinajstić information content (AvgIpc) is 2.84. The number of alkyl halides is 3. The second-order valence-electron chi connectivity index (χ2n) is 5.15. The van der Waals surface area contributed by atoms with E-state index in [0.29, 0.717) is 31.0 Å². The van der Waals surface area contributed by atoms with E-state index in [1.54, 1.807) is 6.20 Å². The summed E-state index contributed by atoms with van der Waals surface area (Å²) in [7, 11) is 0. The molecule has 0 aromatic carbocycles. The molecular weight excluding hydrogens is 257 g/mol. The number of nitrogens with two attached hydrogens (primary N) is 1. The zero-order chi connectivity index (χ0) is 13.9. The lowest BCUT2D eigenvalue weighted by atomic mass is 9.80. The lowest BCUT2D eigenvalue weighted by molar-refractivity contribution is -0.183. The van der Waals surface area contributed by atoms with Crippen LogP contribution in [0, 0.1) is 5.92 Å². The Morgan fingerprint density at radius 3 is 2.84 bits per heavy atom. The van der Waals surface area contributed by atoms with Crippen LogP contribution in [-0.4, -0.2) is 17.7 Å². The summed E-state index contributed by atoms with van der Waals surface area (Å²) in [5.74, 6) is -0.182. The second kappa shape index (κ2) is 5.94. The van der Waals surface area contributed by atoms with E-state index < -0.39 is 12.1 Å². The highest BCUT2D eigenvalue weighted by molar-refractivity contribution is 5.04. The molecule has 1 fully saturated rings. The van der Waals surface area contributed by atoms with Crippen molar-refractivity contribution < 1.29 is 17.6 Å². The zero-order valence-corrected chi connectivity index (χ0v) is 10.7. The molecule has 3 nitrogen and oxygen atoms in total. The van der Waals surface area contributed by atoms with Gasteiger partial charge in [-0.15, -0.1) is 0 Å². The molecule has 2 unspecified atom stereocenters. The van der Waals surface area contributed by atoms with Crippen molar-refractivity contribution in [2.45, 2.75) is 50.6 Å². The van der Waals surface area contributed by atoms with Crippen LogP contribution in [0.15, 0.2) is 10.6 Å². The molecule has 19 heavy (non-hydrogen) atoms. The van der Waals surface area contributed by atoms with Gasteiger partial charge in [0.05, 0.1) is 12.1 Å². The van der Waals surface area contributed by atoms with E-state index in [9.17, 15) is 13.2 Å². The summed E-state index contributed by atoms with van der Waals surface area (Å²) in [6.45, 7) is 0.553. The third kappa shape index (κ3) is 3.72. The molecule has 0 radical (unpaired) electrons. The first-order chi connectivity index (χ1) is 9.00. The Bertz CT molecular complexity index is 403. The summed E-state index contributed by atoms with van der Waals surface area (Å²) in [6, 6.07) is 0. The van der Waals surface area contributed by atoms with Gasteiger partial charge >= 0.3 is 6.18 Å². The number of nitrogens with zero attached hydrogens (tertiary/aromatic N) is 1. The SMILES string of the molecule is NCCCc1ncc(C2CCCC(C(F)(F)F)C2)o1. The molecule has 0 saturated heterocycles. The van der Waals surface area contributed by atoms with Gasteiger partial charge in [0.15, 0.2) is 5.89 Å². The van der Waals surface area contributed by atoms with E-state index in [1.807, 2.05) is 0 Å². The minimum atomic E-state index is -4.10. The maximum Gasteiger partial charge on any atom is 0.391 e. The number of hydrogen-bond acceptors (Lipinski definition) is 3. The largest absolute Gasteiger partial charge is 0.445 e. The number of oxazole rings is 1. The third-order valence-electron chi connectivity index (χ3n) is 3.71. The van der Waals surface area contributed by atoms with Gasteiger partial charge in [0, 0.05) is 12.3 Å². The van der Waals surface area contributed by atoms with E-state index in [-0.39, 0.29) is 18.8 Å². The molecule has 6 heteroatoms. The smallest absolute Gasteiger partial charge is 0.391 e. The number of halogens is 3. The fourth-order valence-corrected chi connectivity index (χ4v) is 2.63.